The number of hydrogen-bond acceptors (Lipinski definition) is 6. The van der Waals surface area contributed by atoms with Crippen LogP contribution in [0, 0.1) is 6.92 Å². The first kappa shape index (κ1) is 15.8. The summed E-state index contributed by atoms with van der Waals surface area (Å²) in [6.45, 7) is 1.85. The van der Waals surface area contributed by atoms with Crippen LogP contribution in [0.1, 0.15) is 22.4 Å². The Kier molecular flexibility index (Phi) is 3.52. The van der Waals surface area contributed by atoms with Gasteiger partial charge >= 0.3 is 5.63 Å². The van der Waals surface area contributed by atoms with Crippen molar-refractivity contribution in [3.8, 4) is 11.6 Å². The van der Waals surface area contributed by atoms with Crippen molar-refractivity contribution >= 4 is 44.1 Å². The summed E-state index contributed by atoms with van der Waals surface area (Å²) in [5.41, 5.74) is 2.13. The van der Waals surface area contributed by atoms with E-state index in [1.165, 1.54) is 22.8 Å². The van der Waals surface area contributed by atoms with E-state index in [1.807, 2.05) is 6.92 Å². The molecule has 3 heterocycles. The second-order valence-corrected chi connectivity index (χ2v) is 7.84. The first-order valence-electron chi connectivity index (χ1n) is 8.27. The first-order chi connectivity index (χ1) is 12.6. The van der Waals surface area contributed by atoms with E-state index in [1.54, 1.807) is 23.5 Å². The maximum absolute atomic E-state index is 11.7. The summed E-state index contributed by atoms with van der Waals surface area (Å²) in [5.74, 6) is 0.900. The van der Waals surface area contributed by atoms with E-state index in [-0.39, 0.29) is 0 Å². The number of nitrogens with zero attached hydrogens (tertiary/aromatic N) is 2. The van der Waals surface area contributed by atoms with Crippen LogP contribution in [0.3, 0.4) is 0 Å². The van der Waals surface area contributed by atoms with E-state index in [4.69, 9.17) is 20.8 Å². The fourth-order valence-electron chi connectivity index (χ4n) is 3.48. The van der Waals surface area contributed by atoms with Gasteiger partial charge in [-0.2, -0.15) is 0 Å². The molecule has 0 unspecified atom stereocenters. The largest absolute Gasteiger partial charge is 0.436 e. The Balaban J connectivity index is 1.67. The lowest BCUT2D eigenvalue weighted by molar-refractivity contribution is 0.466. The van der Waals surface area contributed by atoms with Crippen LogP contribution in [0.25, 0.3) is 21.2 Å². The highest BCUT2D eigenvalue weighted by Gasteiger charge is 2.22. The molecule has 0 saturated heterocycles. The Morgan fingerprint density at radius 2 is 2.12 bits per heavy atom. The molecule has 1 aliphatic carbocycles. The van der Waals surface area contributed by atoms with Crippen LogP contribution in [-0.4, -0.2) is 9.97 Å². The minimum absolute atomic E-state index is 0.400. The van der Waals surface area contributed by atoms with E-state index in [9.17, 15) is 4.79 Å². The molecule has 0 amide bonds. The maximum atomic E-state index is 11.7. The third-order valence-electron chi connectivity index (χ3n) is 4.68. The van der Waals surface area contributed by atoms with Crippen molar-refractivity contribution in [2.75, 3.05) is 0 Å². The minimum atomic E-state index is -0.400. The minimum Gasteiger partial charge on any atom is -0.436 e. The van der Waals surface area contributed by atoms with E-state index >= 15 is 0 Å². The van der Waals surface area contributed by atoms with Crippen molar-refractivity contribution < 1.29 is 9.15 Å². The molecule has 0 N–H and O–H groups in total. The number of benzene rings is 1. The van der Waals surface area contributed by atoms with Gasteiger partial charge in [0.05, 0.1) is 10.4 Å². The molecule has 1 aromatic carbocycles. The van der Waals surface area contributed by atoms with Crippen molar-refractivity contribution in [3.05, 3.63) is 56.0 Å². The molecule has 0 spiro atoms. The number of aromatic nitrogens is 2. The zero-order valence-corrected chi connectivity index (χ0v) is 15.4. The Bertz CT molecular complexity index is 1250. The van der Waals surface area contributed by atoms with Gasteiger partial charge in [-0.1, -0.05) is 11.6 Å². The number of thiophene rings is 1. The monoisotopic (exact) mass is 384 g/mol. The molecule has 1 aliphatic rings. The second kappa shape index (κ2) is 5.79. The van der Waals surface area contributed by atoms with Crippen LogP contribution < -0.4 is 10.4 Å². The van der Waals surface area contributed by atoms with Crippen molar-refractivity contribution in [2.45, 2.75) is 26.2 Å². The number of fused-ring (bicyclic) bond motifs is 4. The van der Waals surface area contributed by atoms with Crippen molar-refractivity contribution in [1.82, 2.24) is 9.97 Å². The van der Waals surface area contributed by atoms with Crippen LogP contribution in [0.5, 0.6) is 11.6 Å². The van der Waals surface area contributed by atoms with Gasteiger partial charge in [-0.15, -0.1) is 11.3 Å². The van der Waals surface area contributed by atoms with Gasteiger partial charge in [0.25, 0.3) is 0 Å². The summed E-state index contributed by atoms with van der Waals surface area (Å²) in [7, 11) is 0. The predicted molar refractivity (Wildman–Crippen MR) is 102 cm³/mol. The second-order valence-electron chi connectivity index (χ2n) is 6.35. The summed E-state index contributed by atoms with van der Waals surface area (Å²) >= 11 is 8.12. The fourth-order valence-corrected chi connectivity index (χ4v) is 4.90. The fraction of sp³-hybridized carbons (Fsp3) is 0.211. The highest BCUT2D eigenvalue weighted by molar-refractivity contribution is 7.18. The lowest BCUT2D eigenvalue weighted by Crippen LogP contribution is -1.98. The average molecular weight is 385 g/mol. The normalized spacial score (nSPS) is 13.5. The molecular weight excluding hydrogens is 372 g/mol. The lowest BCUT2D eigenvalue weighted by atomic mass is 10.1. The van der Waals surface area contributed by atoms with Crippen LogP contribution in [0.2, 0.25) is 5.02 Å². The Morgan fingerprint density at radius 3 is 3.00 bits per heavy atom. The van der Waals surface area contributed by atoms with Gasteiger partial charge in [-0.3, -0.25) is 0 Å². The average Bonchev–Trinajstić information content (AvgIpc) is 3.17. The van der Waals surface area contributed by atoms with Crippen LogP contribution >= 0.6 is 22.9 Å². The molecule has 26 heavy (non-hydrogen) atoms. The molecule has 5 rings (SSSR count). The molecule has 3 aromatic heterocycles. The molecule has 0 saturated carbocycles. The summed E-state index contributed by atoms with van der Waals surface area (Å²) in [6, 6.07) is 4.84. The summed E-state index contributed by atoms with van der Waals surface area (Å²) in [4.78, 5) is 22.7. The van der Waals surface area contributed by atoms with Gasteiger partial charge in [0.2, 0.25) is 5.88 Å². The molecule has 0 aliphatic heterocycles. The van der Waals surface area contributed by atoms with Crippen LogP contribution in [0.4, 0.5) is 0 Å². The summed E-state index contributed by atoms with van der Waals surface area (Å²) in [6.07, 6.45) is 4.74. The van der Waals surface area contributed by atoms with Gasteiger partial charge in [-0.05, 0) is 43.4 Å². The third-order valence-corrected chi connectivity index (χ3v) is 6.17. The summed E-state index contributed by atoms with van der Waals surface area (Å²) < 4.78 is 11.4. The summed E-state index contributed by atoms with van der Waals surface area (Å²) in [5, 5.41) is 2.19. The molecule has 0 radical (unpaired) electrons. The predicted octanol–water partition coefficient (Wildman–Crippen LogP) is 5.04. The standard InChI is InChI=1S/C19H13ClN2O3S/c1-9-5-16(23)24-13-7-14(12(20)6-11(9)13)25-18-17-10-3-2-4-15(10)26-19(17)22-8-21-18/h5-8H,2-4H2,1H3. The van der Waals surface area contributed by atoms with Gasteiger partial charge in [0, 0.05) is 22.4 Å². The molecule has 7 heteroatoms. The number of aryl methyl sites for hydroxylation is 3. The number of rotatable bonds is 2. The topological polar surface area (TPSA) is 65.2 Å². The molecule has 130 valence electrons. The van der Waals surface area contributed by atoms with Crippen molar-refractivity contribution in [1.29, 1.82) is 0 Å². The Hall–Kier alpha value is -2.44. The van der Waals surface area contributed by atoms with E-state index in [0.717, 1.165) is 40.4 Å². The highest BCUT2D eigenvalue weighted by atomic mass is 35.5. The van der Waals surface area contributed by atoms with Crippen LogP contribution in [0.15, 0.2) is 33.7 Å². The van der Waals surface area contributed by atoms with E-state index in [2.05, 4.69) is 9.97 Å². The number of hydrogen-bond donors (Lipinski definition) is 0. The molecule has 4 aromatic rings. The molecule has 0 fully saturated rings. The van der Waals surface area contributed by atoms with Gasteiger partial charge < -0.3 is 9.15 Å². The van der Waals surface area contributed by atoms with Crippen molar-refractivity contribution in [2.24, 2.45) is 0 Å². The van der Waals surface area contributed by atoms with E-state index < -0.39 is 5.63 Å². The Morgan fingerprint density at radius 1 is 1.23 bits per heavy atom. The highest BCUT2D eigenvalue weighted by Crippen LogP contribution is 2.42. The van der Waals surface area contributed by atoms with Gasteiger partial charge in [0.15, 0.2) is 5.75 Å². The van der Waals surface area contributed by atoms with Crippen molar-refractivity contribution in [3.63, 3.8) is 0 Å². The smallest absolute Gasteiger partial charge is 0.336 e. The lowest BCUT2D eigenvalue weighted by Gasteiger charge is -2.10. The Labute approximate surface area is 157 Å². The quantitative estimate of drug-likeness (QED) is 0.453. The van der Waals surface area contributed by atoms with Gasteiger partial charge in [-0.25, -0.2) is 14.8 Å². The van der Waals surface area contributed by atoms with E-state index in [0.29, 0.717) is 22.2 Å². The molecule has 0 atom stereocenters. The van der Waals surface area contributed by atoms with Crippen LogP contribution in [-0.2, 0) is 12.8 Å². The molecule has 0 bridgehead atoms. The maximum Gasteiger partial charge on any atom is 0.336 e. The molecular formula is C19H13ClN2O3S. The third kappa shape index (κ3) is 2.40. The first-order valence-corrected chi connectivity index (χ1v) is 9.47. The SMILES string of the molecule is Cc1cc(=O)oc2cc(Oc3ncnc4sc5c(c34)CCC5)c(Cl)cc12. The zero-order valence-electron chi connectivity index (χ0n) is 13.8. The zero-order chi connectivity index (χ0) is 17.8. The van der Waals surface area contributed by atoms with Gasteiger partial charge in [0.1, 0.15) is 16.7 Å². The number of halogens is 1. The number of ether oxygens (including phenoxy) is 1. The molecule has 5 nitrogen and oxygen atoms in total.